The molecule has 0 saturated carbocycles. The summed E-state index contributed by atoms with van der Waals surface area (Å²) in [5, 5.41) is 35.9. The molecule has 4 rings (SSSR count). The third-order valence-corrected chi connectivity index (χ3v) is 6.11. The Hall–Kier alpha value is -4.20. The van der Waals surface area contributed by atoms with Gasteiger partial charge in [-0.2, -0.15) is 0 Å². The van der Waals surface area contributed by atoms with Crippen molar-refractivity contribution in [3.8, 4) is 0 Å². The van der Waals surface area contributed by atoms with Crippen molar-refractivity contribution in [1.82, 2.24) is 10.6 Å². The van der Waals surface area contributed by atoms with Gasteiger partial charge < -0.3 is 20.5 Å². The van der Waals surface area contributed by atoms with E-state index in [4.69, 9.17) is 4.74 Å². The molecule has 0 spiro atoms. The minimum atomic E-state index is -1.00. The SMILES string of the molecule is Br.O=C(O)C(Cc1ccccc1)NC(=O)C1CCCN1.O=[N+]([O-])c1ccc(COCc2ccc([N+](=O)[O-])cc2)cc1. The van der Waals surface area contributed by atoms with Crippen molar-refractivity contribution in [3.05, 3.63) is 116 Å². The lowest BCUT2D eigenvalue weighted by atomic mass is 10.1. The number of nitro groups is 2. The van der Waals surface area contributed by atoms with Gasteiger partial charge in [-0.15, -0.1) is 17.0 Å². The molecular formula is C28H31BrN4O8. The molecule has 0 aliphatic carbocycles. The van der Waals surface area contributed by atoms with Crippen LogP contribution >= 0.6 is 17.0 Å². The van der Waals surface area contributed by atoms with Crippen LogP contribution in [0.1, 0.15) is 29.5 Å². The fourth-order valence-corrected chi connectivity index (χ4v) is 3.95. The van der Waals surface area contributed by atoms with E-state index in [-0.39, 0.29) is 40.3 Å². The van der Waals surface area contributed by atoms with Crippen LogP contribution in [0.4, 0.5) is 11.4 Å². The lowest BCUT2D eigenvalue weighted by Gasteiger charge is -2.17. The van der Waals surface area contributed by atoms with Crippen molar-refractivity contribution < 1.29 is 29.3 Å². The summed E-state index contributed by atoms with van der Waals surface area (Å²) in [6.45, 7) is 1.44. The Morgan fingerprint density at radius 3 is 1.80 bits per heavy atom. The van der Waals surface area contributed by atoms with Crippen LogP contribution in [0.2, 0.25) is 0 Å². The number of nitrogens with one attached hydrogen (secondary N) is 2. The molecule has 3 aromatic carbocycles. The lowest BCUT2D eigenvalue weighted by molar-refractivity contribution is -0.385. The van der Waals surface area contributed by atoms with Crippen LogP contribution in [0.25, 0.3) is 0 Å². The van der Waals surface area contributed by atoms with E-state index in [1.165, 1.54) is 24.3 Å². The number of carbonyl (C=O) groups is 2. The second-order valence-corrected chi connectivity index (χ2v) is 9.08. The van der Waals surface area contributed by atoms with E-state index in [1.54, 1.807) is 24.3 Å². The molecule has 3 N–H and O–H groups in total. The number of rotatable bonds is 11. The normalized spacial score (nSPS) is 14.5. The molecular weight excluding hydrogens is 600 g/mol. The van der Waals surface area contributed by atoms with Crippen LogP contribution in [0, 0.1) is 20.2 Å². The van der Waals surface area contributed by atoms with Crippen molar-refractivity contribution in [2.24, 2.45) is 0 Å². The molecule has 0 bridgehead atoms. The van der Waals surface area contributed by atoms with Crippen molar-refractivity contribution in [2.45, 2.75) is 44.6 Å². The Kier molecular flexibility index (Phi) is 13.5. The highest BCUT2D eigenvalue weighted by molar-refractivity contribution is 8.93. The Morgan fingerprint density at radius 1 is 0.878 bits per heavy atom. The highest BCUT2D eigenvalue weighted by Gasteiger charge is 2.27. The number of carboxylic acid groups (broad SMARTS) is 1. The average Bonchev–Trinajstić information content (AvgIpc) is 3.50. The maximum absolute atomic E-state index is 11.9. The molecule has 3 aromatic rings. The second-order valence-electron chi connectivity index (χ2n) is 9.08. The summed E-state index contributed by atoms with van der Waals surface area (Å²) in [6.07, 6.45) is 2.02. The van der Waals surface area contributed by atoms with Gasteiger partial charge in [-0.05, 0) is 60.3 Å². The van der Waals surface area contributed by atoms with Gasteiger partial charge in [0.2, 0.25) is 5.91 Å². The quantitative estimate of drug-likeness (QED) is 0.205. The molecule has 2 unspecified atom stereocenters. The van der Waals surface area contributed by atoms with E-state index < -0.39 is 21.9 Å². The molecule has 41 heavy (non-hydrogen) atoms. The van der Waals surface area contributed by atoms with Gasteiger partial charge in [0, 0.05) is 30.7 Å². The van der Waals surface area contributed by atoms with Gasteiger partial charge in [0.05, 0.1) is 29.1 Å². The van der Waals surface area contributed by atoms with Gasteiger partial charge in [-0.25, -0.2) is 4.79 Å². The number of hydrogen-bond acceptors (Lipinski definition) is 8. The summed E-state index contributed by atoms with van der Waals surface area (Å²) in [5.41, 5.74) is 2.61. The van der Waals surface area contributed by atoms with Crippen LogP contribution in [0.3, 0.4) is 0 Å². The first-order valence-electron chi connectivity index (χ1n) is 12.6. The summed E-state index contributed by atoms with van der Waals surface area (Å²) in [6, 6.07) is 20.4. The van der Waals surface area contributed by atoms with Crippen LogP contribution < -0.4 is 10.6 Å². The van der Waals surface area contributed by atoms with Crippen molar-refractivity contribution in [1.29, 1.82) is 0 Å². The molecule has 1 aliphatic heterocycles. The molecule has 1 heterocycles. The highest BCUT2D eigenvalue weighted by atomic mass is 79.9. The number of non-ortho nitro benzene ring substituents is 2. The molecule has 1 aliphatic rings. The summed E-state index contributed by atoms with van der Waals surface area (Å²) in [5.74, 6) is -1.23. The van der Waals surface area contributed by atoms with Crippen LogP contribution in [0.5, 0.6) is 0 Å². The van der Waals surface area contributed by atoms with Gasteiger partial charge in [0.15, 0.2) is 0 Å². The second kappa shape index (κ2) is 16.8. The predicted molar refractivity (Wildman–Crippen MR) is 156 cm³/mol. The Labute approximate surface area is 246 Å². The average molecular weight is 631 g/mol. The number of amides is 1. The molecule has 1 fully saturated rings. The van der Waals surface area contributed by atoms with Gasteiger partial charge >= 0.3 is 5.97 Å². The monoisotopic (exact) mass is 630 g/mol. The van der Waals surface area contributed by atoms with E-state index in [0.717, 1.165) is 36.1 Å². The zero-order valence-corrected chi connectivity index (χ0v) is 23.7. The molecule has 13 heteroatoms. The molecule has 218 valence electrons. The predicted octanol–water partition coefficient (Wildman–Crippen LogP) is 4.35. The van der Waals surface area contributed by atoms with Crippen LogP contribution in [-0.4, -0.2) is 45.5 Å². The largest absolute Gasteiger partial charge is 0.480 e. The third-order valence-electron chi connectivity index (χ3n) is 6.11. The molecule has 0 aromatic heterocycles. The minimum absolute atomic E-state index is 0. The van der Waals surface area contributed by atoms with Gasteiger partial charge in [0.1, 0.15) is 6.04 Å². The number of halogens is 1. The minimum Gasteiger partial charge on any atom is -0.480 e. The summed E-state index contributed by atoms with van der Waals surface area (Å²) >= 11 is 0. The third kappa shape index (κ3) is 11.1. The number of nitrogens with zero attached hydrogens (tertiary/aromatic N) is 2. The topological polar surface area (TPSA) is 174 Å². The van der Waals surface area contributed by atoms with Crippen molar-refractivity contribution in [3.63, 3.8) is 0 Å². The first-order chi connectivity index (χ1) is 19.2. The number of hydrogen-bond donors (Lipinski definition) is 3. The Morgan fingerprint density at radius 2 is 1.39 bits per heavy atom. The zero-order chi connectivity index (χ0) is 28.9. The van der Waals surface area contributed by atoms with E-state index in [0.29, 0.717) is 19.6 Å². The molecule has 1 amide bonds. The summed E-state index contributed by atoms with van der Waals surface area (Å²) in [7, 11) is 0. The smallest absolute Gasteiger partial charge is 0.326 e. The maximum Gasteiger partial charge on any atom is 0.326 e. The number of carboxylic acids is 1. The van der Waals surface area contributed by atoms with Gasteiger partial charge in [0.25, 0.3) is 11.4 Å². The van der Waals surface area contributed by atoms with Gasteiger partial charge in [-0.1, -0.05) is 30.3 Å². The first-order valence-corrected chi connectivity index (χ1v) is 12.6. The standard InChI is InChI=1S/C14H12N2O5.C14H18N2O3.BrH/c17-15(18)13-5-1-11(2-6-13)9-21-10-12-3-7-14(8-4-12)16(19)20;17-13(11-7-4-8-15-11)16-12(14(18)19)9-10-5-2-1-3-6-10;/h1-8H,9-10H2;1-3,5-6,11-12,15H,4,7-9H2,(H,16,17)(H,18,19);1H. The van der Waals surface area contributed by atoms with Crippen LogP contribution in [-0.2, 0) is 34.0 Å². The highest BCUT2D eigenvalue weighted by Crippen LogP contribution is 2.15. The van der Waals surface area contributed by atoms with Crippen molar-refractivity contribution in [2.75, 3.05) is 6.54 Å². The van der Waals surface area contributed by atoms with E-state index >= 15 is 0 Å². The number of nitro benzene ring substituents is 2. The van der Waals surface area contributed by atoms with Crippen molar-refractivity contribution >= 4 is 40.2 Å². The van der Waals surface area contributed by atoms with E-state index in [2.05, 4.69) is 10.6 Å². The fourth-order valence-electron chi connectivity index (χ4n) is 3.95. The number of ether oxygens (including phenoxy) is 1. The maximum atomic E-state index is 11.9. The molecule has 0 radical (unpaired) electrons. The zero-order valence-electron chi connectivity index (χ0n) is 22.0. The molecule has 12 nitrogen and oxygen atoms in total. The van der Waals surface area contributed by atoms with E-state index in [9.17, 15) is 34.9 Å². The number of aliphatic carboxylic acids is 1. The Balaban J connectivity index is 0.000000281. The summed E-state index contributed by atoms with van der Waals surface area (Å²) in [4.78, 5) is 43.2. The van der Waals surface area contributed by atoms with E-state index in [1.807, 2.05) is 30.3 Å². The lowest BCUT2D eigenvalue weighted by Crippen LogP contribution is -2.49. The fraction of sp³-hybridized carbons (Fsp3) is 0.286. The molecule has 1 saturated heterocycles. The summed E-state index contributed by atoms with van der Waals surface area (Å²) < 4.78 is 5.47. The van der Waals surface area contributed by atoms with Crippen LogP contribution in [0.15, 0.2) is 78.9 Å². The first kappa shape index (κ1) is 33.0. The Bertz CT molecular complexity index is 1230. The number of carbonyl (C=O) groups excluding carboxylic acids is 1. The molecule has 2 atom stereocenters. The van der Waals surface area contributed by atoms with Gasteiger partial charge in [-0.3, -0.25) is 25.0 Å². The number of benzene rings is 3.